The van der Waals surface area contributed by atoms with Crippen molar-refractivity contribution in [2.45, 2.75) is 23.6 Å². The van der Waals surface area contributed by atoms with E-state index in [1.807, 2.05) is 0 Å². The molecule has 32 heavy (non-hydrogen) atoms. The lowest BCUT2D eigenvalue weighted by molar-refractivity contribution is 0.160. The zero-order valence-electron chi connectivity index (χ0n) is 17.3. The topological polar surface area (TPSA) is 145 Å². The molecule has 2 N–H and O–H groups in total. The van der Waals surface area contributed by atoms with E-state index < -0.39 is 32.2 Å². The molecule has 0 aliphatic rings. The molecule has 0 unspecified atom stereocenters. The summed E-state index contributed by atoms with van der Waals surface area (Å²) in [4.78, 5) is 23.1. The summed E-state index contributed by atoms with van der Waals surface area (Å²) >= 11 is 0. The van der Waals surface area contributed by atoms with Gasteiger partial charge in [0, 0.05) is 0 Å². The molecule has 2 aromatic carbocycles. The molecule has 0 heterocycles. The second kappa shape index (κ2) is 10.8. The fourth-order valence-corrected chi connectivity index (χ4v) is 4.00. The molecule has 2 aromatic rings. The molecule has 0 spiro atoms. The third-order valence-electron chi connectivity index (χ3n) is 3.89. The Morgan fingerprint density at radius 2 is 1.00 bits per heavy atom. The molecule has 0 bridgehead atoms. The first-order valence-electron chi connectivity index (χ1n) is 9.17. The molecule has 0 radical (unpaired) electrons. The van der Waals surface area contributed by atoms with Crippen molar-refractivity contribution in [3.05, 3.63) is 71.8 Å². The van der Waals surface area contributed by atoms with Crippen molar-refractivity contribution in [2.24, 2.45) is 0 Å². The summed E-state index contributed by atoms with van der Waals surface area (Å²) < 4.78 is 61.2. The van der Waals surface area contributed by atoms with E-state index in [0.717, 1.165) is 11.1 Å². The quantitative estimate of drug-likeness (QED) is 0.546. The van der Waals surface area contributed by atoms with Crippen molar-refractivity contribution in [1.29, 1.82) is 0 Å². The van der Waals surface area contributed by atoms with Gasteiger partial charge >= 0.3 is 12.2 Å². The Bertz CT molecular complexity index is 1090. The van der Waals surface area contributed by atoms with Gasteiger partial charge in [0.15, 0.2) is 0 Å². The lowest BCUT2D eigenvalue weighted by Gasteiger charge is -2.07. The standard InChI is InChI=1S/C20H22N2O8S2/c1-15-5-9-17(10-6-15)31(25,26)21-19(23)29-13-3-4-14-30-20(24)22-32(27,28)18-11-7-16(2)8-12-18/h3-12H,13-14H2,1-2H3,(H,21,23)(H,22,24). The fraction of sp³-hybridized carbons (Fsp3) is 0.200. The summed E-state index contributed by atoms with van der Waals surface area (Å²) in [5.74, 6) is 0. The highest BCUT2D eigenvalue weighted by Gasteiger charge is 2.19. The minimum Gasteiger partial charge on any atom is -0.445 e. The largest absolute Gasteiger partial charge is 0.445 e. The molecule has 0 aromatic heterocycles. The maximum atomic E-state index is 12.1. The molecular weight excluding hydrogens is 460 g/mol. The number of rotatable bonds is 8. The van der Waals surface area contributed by atoms with Crippen LogP contribution in [-0.4, -0.2) is 42.2 Å². The Hall–Kier alpha value is -3.38. The highest BCUT2D eigenvalue weighted by molar-refractivity contribution is 7.90. The van der Waals surface area contributed by atoms with Crippen LogP contribution in [0.4, 0.5) is 9.59 Å². The maximum Gasteiger partial charge on any atom is 0.421 e. The van der Waals surface area contributed by atoms with Gasteiger partial charge in [0.25, 0.3) is 20.0 Å². The third kappa shape index (κ3) is 7.71. The van der Waals surface area contributed by atoms with Crippen molar-refractivity contribution in [1.82, 2.24) is 9.44 Å². The Kier molecular flexibility index (Phi) is 8.38. The number of amides is 2. The van der Waals surface area contributed by atoms with Crippen molar-refractivity contribution < 1.29 is 35.9 Å². The number of benzene rings is 2. The van der Waals surface area contributed by atoms with Gasteiger partial charge in [-0.25, -0.2) is 35.9 Å². The van der Waals surface area contributed by atoms with Crippen LogP contribution >= 0.6 is 0 Å². The molecule has 10 nitrogen and oxygen atoms in total. The Balaban J connectivity index is 1.72. The number of sulfonamides is 2. The predicted molar refractivity (Wildman–Crippen MR) is 115 cm³/mol. The number of aryl methyl sites for hydroxylation is 2. The third-order valence-corrected chi connectivity index (χ3v) is 6.54. The normalized spacial score (nSPS) is 11.7. The smallest absolute Gasteiger partial charge is 0.421 e. The minimum atomic E-state index is -4.06. The second-order valence-electron chi connectivity index (χ2n) is 6.51. The van der Waals surface area contributed by atoms with Gasteiger partial charge in [-0.05, 0) is 50.3 Å². The number of carbonyl (C=O) groups excluding carboxylic acids is 2. The van der Waals surface area contributed by atoms with Crippen LogP contribution in [0.15, 0.2) is 70.5 Å². The van der Waals surface area contributed by atoms with E-state index in [-0.39, 0.29) is 23.0 Å². The summed E-state index contributed by atoms with van der Waals surface area (Å²) in [7, 11) is -8.12. The Labute approximate surface area is 186 Å². The van der Waals surface area contributed by atoms with Crippen LogP contribution in [0.5, 0.6) is 0 Å². The molecule has 0 saturated heterocycles. The first-order chi connectivity index (χ1) is 15.0. The van der Waals surface area contributed by atoms with Gasteiger partial charge in [0.2, 0.25) is 0 Å². The molecule has 0 fully saturated rings. The zero-order valence-corrected chi connectivity index (χ0v) is 18.9. The summed E-state index contributed by atoms with van der Waals surface area (Å²) in [5.41, 5.74) is 1.72. The molecule has 2 rings (SSSR count). The summed E-state index contributed by atoms with van der Waals surface area (Å²) in [6.45, 7) is 2.98. The van der Waals surface area contributed by atoms with Crippen LogP contribution in [0.1, 0.15) is 11.1 Å². The Morgan fingerprint density at radius 1 is 0.688 bits per heavy atom. The monoisotopic (exact) mass is 482 g/mol. The van der Waals surface area contributed by atoms with Gasteiger partial charge in [0.1, 0.15) is 13.2 Å². The Morgan fingerprint density at radius 3 is 1.31 bits per heavy atom. The first-order valence-corrected chi connectivity index (χ1v) is 12.1. The first kappa shape index (κ1) is 24.9. The minimum absolute atomic E-state index is 0.0874. The van der Waals surface area contributed by atoms with Crippen LogP contribution in [0, 0.1) is 13.8 Å². The lowest BCUT2D eigenvalue weighted by atomic mass is 10.2. The van der Waals surface area contributed by atoms with Gasteiger partial charge in [-0.3, -0.25) is 0 Å². The number of ether oxygens (including phenoxy) is 2. The predicted octanol–water partition coefficient (Wildman–Crippen LogP) is 2.39. The van der Waals surface area contributed by atoms with Gasteiger partial charge in [0.05, 0.1) is 9.79 Å². The fourth-order valence-electron chi connectivity index (χ4n) is 2.21. The zero-order chi connectivity index (χ0) is 23.8. The van der Waals surface area contributed by atoms with Crippen LogP contribution in [0.2, 0.25) is 0 Å². The van der Waals surface area contributed by atoms with E-state index >= 15 is 0 Å². The van der Waals surface area contributed by atoms with Gasteiger partial charge < -0.3 is 9.47 Å². The van der Waals surface area contributed by atoms with Gasteiger partial charge in [-0.15, -0.1) is 0 Å². The van der Waals surface area contributed by atoms with Crippen molar-refractivity contribution in [3.63, 3.8) is 0 Å². The number of carbonyl (C=O) groups is 2. The number of hydrogen-bond donors (Lipinski definition) is 2. The second-order valence-corrected chi connectivity index (χ2v) is 9.87. The van der Waals surface area contributed by atoms with E-state index in [1.165, 1.54) is 36.4 Å². The average Bonchev–Trinajstić information content (AvgIpc) is 2.70. The van der Waals surface area contributed by atoms with Crippen LogP contribution in [0.25, 0.3) is 0 Å². The van der Waals surface area contributed by atoms with Gasteiger partial charge in [-0.1, -0.05) is 35.4 Å². The molecule has 172 valence electrons. The van der Waals surface area contributed by atoms with E-state index in [0.29, 0.717) is 0 Å². The van der Waals surface area contributed by atoms with Crippen LogP contribution in [-0.2, 0) is 29.5 Å². The highest BCUT2D eigenvalue weighted by atomic mass is 32.2. The molecule has 0 saturated carbocycles. The summed E-state index contributed by atoms with van der Waals surface area (Å²) in [6, 6.07) is 11.8. The molecule has 12 heteroatoms. The summed E-state index contributed by atoms with van der Waals surface area (Å²) in [6.07, 6.45) is 0.218. The van der Waals surface area contributed by atoms with E-state index in [9.17, 15) is 26.4 Å². The van der Waals surface area contributed by atoms with E-state index in [1.54, 1.807) is 47.6 Å². The molecule has 2 amide bonds. The van der Waals surface area contributed by atoms with Crippen LogP contribution < -0.4 is 9.44 Å². The molecular formula is C20H22N2O8S2. The van der Waals surface area contributed by atoms with Crippen LogP contribution in [0.3, 0.4) is 0 Å². The van der Waals surface area contributed by atoms with E-state index in [2.05, 4.69) is 0 Å². The van der Waals surface area contributed by atoms with Crippen molar-refractivity contribution in [2.75, 3.05) is 13.2 Å². The van der Waals surface area contributed by atoms with Crippen molar-refractivity contribution >= 4 is 32.2 Å². The number of nitrogens with one attached hydrogen (secondary N) is 2. The van der Waals surface area contributed by atoms with Crippen molar-refractivity contribution in [3.8, 4) is 0 Å². The molecule has 0 atom stereocenters. The average molecular weight is 483 g/mol. The number of hydrogen-bond acceptors (Lipinski definition) is 8. The lowest BCUT2D eigenvalue weighted by Crippen LogP contribution is -2.31. The summed E-state index contributed by atoms with van der Waals surface area (Å²) in [5, 5.41) is 0. The van der Waals surface area contributed by atoms with Gasteiger partial charge in [-0.2, -0.15) is 0 Å². The molecule has 0 aliphatic carbocycles. The van der Waals surface area contributed by atoms with E-state index in [4.69, 9.17) is 9.47 Å². The SMILES string of the molecule is Cc1ccc(S(=O)(=O)NC(=O)OCC=CCOC(=O)NS(=O)(=O)c2ccc(C)cc2)cc1. The highest BCUT2D eigenvalue weighted by Crippen LogP contribution is 2.11. The maximum absolute atomic E-state index is 12.1. The molecule has 0 aliphatic heterocycles.